The normalized spacial score (nSPS) is 21.3. The van der Waals surface area contributed by atoms with E-state index in [0.29, 0.717) is 35.3 Å². The molecular weight excluding hydrogens is 396 g/mol. The monoisotopic (exact) mass is 428 g/mol. The summed E-state index contributed by atoms with van der Waals surface area (Å²) in [6.45, 7) is 10.2. The molecule has 2 aromatic heterocycles. The third kappa shape index (κ3) is 5.14. The topological polar surface area (TPSA) is 87.5 Å². The summed E-state index contributed by atoms with van der Waals surface area (Å²) in [7, 11) is 0. The van der Waals surface area contributed by atoms with E-state index in [1.807, 2.05) is 13.8 Å². The minimum absolute atomic E-state index is 0.112. The van der Waals surface area contributed by atoms with Crippen LogP contribution in [0.15, 0.2) is 23.1 Å². The lowest BCUT2D eigenvalue weighted by Gasteiger charge is -2.36. The summed E-state index contributed by atoms with van der Waals surface area (Å²) in [5.74, 6) is -0.187. The average molecular weight is 429 g/mol. The second-order valence-corrected chi connectivity index (χ2v) is 8.91. The maximum absolute atomic E-state index is 12.8. The molecule has 0 unspecified atom stereocenters. The van der Waals surface area contributed by atoms with Gasteiger partial charge in [-0.2, -0.15) is 0 Å². The van der Waals surface area contributed by atoms with Gasteiger partial charge in [-0.05, 0) is 56.6 Å². The predicted molar refractivity (Wildman–Crippen MR) is 118 cm³/mol. The molecule has 1 saturated carbocycles. The Labute approximate surface area is 182 Å². The van der Waals surface area contributed by atoms with Crippen LogP contribution in [0.4, 0.5) is 0 Å². The van der Waals surface area contributed by atoms with Crippen molar-refractivity contribution >= 4 is 23.0 Å². The fraction of sp³-hybridized carbons (Fsp3) is 0.583. The summed E-state index contributed by atoms with van der Waals surface area (Å²) in [4.78, 5) is 42.2. The van der Waals surface area contributed by atoms with Crippen LogP contribution in [-0.2, 0) is 20.8 Å². The Morgan fingerprint density at radius 2 is 2.00 bits per heavy atom. The molecule has 1 aliphatic rings. The molecule has 168 valence electrons. The standard InChI is InChI=1S/C24H32N2O5/c1-6-26-12-19(22(28)18-10-8-16(5)25-23(18)26)24(29)30-13-21(27)31-20-11-15(4)7-9-17(20)14(2)3/h8,10,12,14-15,17,20H,6-7,9,11,13H2,1-5H3/t15-,17-,20-/m1/s1. The first-order valence-electron chi connectivity index (χ1n) is 11.1. The van der Waals surface area contributed by atoms with Crippen molar-refractivity contribution in [3.05, 3.63) is 39.8 Å². The molecule has 1 fully saturated rings. The Morgan fingerprint density at radius 3 is 2.68 bits per heavy atom. The first-order valence-corrected chi connectivity index (χ1v) is 11.1. The fourth-order valence-corrected chi connectivity index (χ4v) is 4.40. The molecule has 3 atom stereocenters. The van der Waals surface area contributed by atoms with Crippen molar-refractivity contribution in [1.29, 1.82) is 0 Å². The summed E-state index contributed by atoms with van der Waals surface area (Å²) in [6, 6.07) is 3.39. The number of fused-ring (bicyclic) bond motifs is 1. The Morgan fingerprint density at radius 1 is 1.26 bits per heavy atom. The van der Waals surface area contributed by atoms with Crippen molar-refractivity contribution in [3.63, 3.8) is 0 Å². The highest BCUT2D eigenvalue weighted by Crippen LogP contribution is 2.35. The van der Waals surface area contributed by atoms with Crippen LogP contribution in [0, 0.1) is 24.7 Å². The molecular formula is C24H32N2O5. The number of pyridine rings is 2. The van der Waals surface area contributed by atoms with Crippen LogP contribution >= 0.6 is 0 Å². The van der Waals surface area contributed by atoms with Gasteiger partial charge >= 0.3 is 11.9 Å². The molecule has 31 heavy (non-hydrogen) atoms. The minimum atomic E-state index is -0.830. The molecule has 7 heteroatoms. The molecule has 3 rings (SSSR count). The second kappa shape index (κ2) is 9.62. The van der Waals surface area contributed by atoms with E-state index in [9.17, 15) is 14.4 Å². The van der Waals surface area contributed by atoms with E-state index in [2.05, 4.69) is 25.8 Å². The molecule has 7 nitrogen and oxygen atoms in total. The molecule has 0 bridgehead atoms. The van der Waals surface area contributed by atoms with Gasteiger partial charge in [0.2, 0.25) is 5.43 Å². The highest BCUT2D eigenvalue weighted by atomic mass is 16.6. The minimum Gasteiger partial charge on any atom is -0.460 e. The number of nitrogens with zero attached hydrogens (tertiary/aromatic N) is 2. The third-order valence-corrected chi connectivity index (χ3v) is 6.19. The van der Waals surface area contributed by atoms with Gasteiger partial charge in [0.15, 0.2) is 6.61 Å². The summed E-state index contributed by atoms with van der Waals surface area (Å²) < 4.78 is 12.6. The SMILES string of the molecule is CCn1cc(C(=O)OCC(=O)O[C@@H]2C[C@H](C)CC[C@@H]2C(C)C)c(=O)c2ccc(C)nc21. The van der Waals surface area contributed by atoms with E-state index >= 15 is 0 Å². The Bertz CT molecular complexity index is 1030. The molecule has 0 saturated heterocycles. The number of hydrogen-bond acceptors (Lipinski definition) is 6. The molecule has 1 aliphatic carbocycles. The van der Waals surface area contributed by atoms with Gasteiger partial charge in [-0.15, -0.1) is 0 Å². The summed E-state index contributed by atoms with van der Waals surface area (Å²) in [5, 5.41) is 0.348. The molecule has 0 spiro atoms. The molecule has 0 aromatic carbocycles. The summed E-state index contributed by atoms with van der Waals surface area (Å²) in [5.41, 5.74) is 0.740. The number of ether oxygens (including phenoxy) is 2. The number of esters is 2. The Kier molecular flexibility index (Phi) is 7.13. The smallest absolute Gasteiger partial charge is 0.344 e. The van der Waals surface area contributed by atoms with Crippen molar-refractivity contribution < 1.29 is 19.1 Å². The van der Waals surface area contributed by atoms with Gasteiger partial charge in [0.25, 0.3) is 0 Å². The highest BCUT2D eigenvalue weighted by molar-refractivity contribution is 5.94. The highest BCUT2D eigenvalue weighted by Gasteiger charge is 2.33. The maximum atomic E-state index is 12.8. The lowest BCUT2D eigenvalue weighted by atomic mass is 9.75. The van der Waals surface area contributed by atoms with Crippen LogP contribution in [0.3, 0.4) is 0 Å². The van der Waals surface area contributed by atoms with Gasteiger partial charge in [-0.1, -0.05) is 27.2 Å². The van der Waals surface area contributed by atoms with Crippen molar-refractivity contribution in [2.24, 2.45) is 17.8 Å². The van der Waals surface area contributed by atoms with Gasteiger partial charge in [-0.25, -0.2) is 14.6 Å². The van der Waals surface area contributed by atoms with E-state index < -0.39 is 24.0 Å². The van der Waals surface area contributed by atoms with E-state index in [4.69, 9.17) is 9.47 Å². The lowest BCUT2D eigenvalue weighted by molar-refractivity contribution is -0.159. The average Bonchev–Trinajstić information content (AvgIpc) is 2.72. The van der Waals surface area contributed by atoms with Crippen LogP contribution in [0.1, 0.15) is 63.0 Å². The Hall–Kier alpha value is -2.70. The number of aryl methyl sites for hydroxylation is 2. The molecule has 0 amide bonds. The van der Waals surface area contributed by atoms with Crippen LogP contribution in [0.5, 0.6) is 0 Å². The molecule has 2 heterocycles. The van der Waals surface area contributed by atoms with E-state index in [-0.39, 0.29) is 11.7 Å². The first kappa shape index (κ1) is 23.0. The van der Waals surface area contributed by atoms with Gasteiger partial charge in [0, 0.05) is 18.4 Å². The summed E-state index contributed by atoms with van der Waals surface area (Å²) in [6.07, 6.45) is 4.26. The van der Waals surface area contributed by atoms with Gasteiger partial charge in [-0.3, -0.25) is 4.79 Å². The third-order valence-electron chi connectivity index (χ3n) is 6.19. The molecule has 0 N–H and O–H groups in total. The zero-order valence-electron chi connectivity index (χ0n) is 19.0. The quantitative estimate of drug-likeness (QED) is 0.649. The number of aromatic nitrogens is 2. The summed E-state index contributed by atoms with van der Waals surface area (Å²) >= 11 is 0. The molecule has 0 aliphatic heterocycles. The van der Waals surface area contributed by atoms with E-state index in [0.717, 1.165) is 25.0 Å². The van der Waals surface area contributed by atoms with Crippen molar-refractivity contribution in [1.82, 2.24) is 9.55 Å². The van der Waals surface area contributed by atoms with Gasteiger partial charge in [0.1, 0.15) is 17.3 Å². The zero-order chi connectivity index (χ0) is 22.7. The van der Waals surface area contributed by atoms with Crippen molar-refractivity contribution in [3.8, 4) is 0 Å². The first-order chi connectivity index (χ1) is 14.7. The number of hydrogen-bond donors (Lipinski definition) is 0. The maximum Gasteiger partial charge on any atom is 0.344 e. The largest absolute Gasteiger partial charge is 0.460 e. The van der Waals surface area contributed by atoms with Crippen LogP contribution in [0.25, 0.3) is 11.0 Å². The van der Waals surface area contributed by atoms with E-state index in [1.165, 1.54) is 6.20 Å². The lowest BCUT2D eigenvalue weighted by Crippen LogP contribution is -2.37. The zero-order valence-corrected chi connectivity index (χ0v) is 19.0. The van der Waals surface area contributed by atoms with Crippen LogP contribution in [0.2, 0.25) is 0 Å². The van der Waals surface area contributed by atoms with Gasteiger partial charge in [0.05, 0.1) is 5.39 Å². The Balaban J connectivity index is 1.71. The number of carbonyl (C=O) groups is 2. The second-order valence-electron chi connectivity index (χ2n) is 8.91. The van der Waals surface area contributed by atoms with E-state index in [1.54, 1.807) is 16.7 Å². The number of rotatable bonds is 6. The van der Waals surface area contributed by atoms with Crippen LogP contribution in [-0.4, -0.2) is 34.2 Å². The predicted octanol–water partition coefficient (Wildman–Crippen LogP) is 3.89. The van der Waals surface area contributed by atoms with Crippen molar-refractivity contribution in [2.75, 3.05) is 6.61 Å². The molecule has 0 radical (unpaired) electrons. The van der Waals surface area contributed by atoms with Gasteiger partial charge < -0.3 is 14.0 Å². The molecule has 2 aromatic rings. The van der Waals surface area contributed by atoms with Crippen LogP contribution < -0.4 is 5.43 Å². The number of carbonyl (C=O) groups excluding carboxylic acids is 2. The van der Waals surface area contributed by atoms with Crippen molar-refractivity contribution in [2.45, 2.75) is 66.5 Å². The fourth-order valence-electron chi connectivity index (χ4n) is 4.40.